The van der Waals surface area contributed by atoms with E-state index in [1.54, 1.807) is 11.3 Å². The van der Waals surface area contributed by atoms with Crippen LogP contribution in [0.2, 0.25) is 0 Å². The van der Waals surface area contributed by atoms with Crippen molar-refractivity contribution in [2.24, 2.45) is 0 Å². The summed E-state index contributed by atoms with van der Waals surface area (Å²) in [6.45, 7) is 4.99. The molecule has 0 saturated heterocycles. The molecule has 2 aromatic rings. The highest BCUT2D eigenvalue weighted by Gasteiger charge is 2.11. The average molecular weight is 302 g/mol. The first-order valence-corrected chi connectivity index (χ1v) is 7.79. The standard InChI is InChI=1S/C16H18N2O2S/c1-3-12-15(9-10-17)21-16(18-12)11-20-14-8-6-5-7-13(14)19-4-2/h5-8H,3-4,9,11H2,1-2H3. The van der Waals surface area contributed by atoms with Gasteiger partial charge in [-0.25, -0.2) is 4.98 Å². The summed E-state index contributed by atoms with van der Waals surface area (Å²) in [6, 6.07) is 9.79. The van der Waals surface area contributed by atoms with Gasteiger partial charge >= 0.3 is 0 Å². The van der Waals surface area contributed by atoms with Crippen LogP contribution < -0.4 is 9.47 Å². The van der Waals surface area contributed by atoms with Gasteiger partial charge in [0.1, 0.15) is 11.6 Å². The lowest BCUT2D eigenvalue weighted by Crippen LogP contribution is -1.99. The molecule has 0 radical (unpaired) electrons. The molecule has 0 atom stereocenters. The zero-order chi connectivity index (χ0) is 15.1. The molecule has 4 nitrogen and oxygen atoms in total. The van der Waals surface area contributed by atoms with Gasteiger partial charge in [-0.15, -0.1) is 11.3 Å². The topological polar surface area (TPSA) is 55.1 Å². The Labute approximate surface area is 129 Å². The molecule has 0 bridgehead atoms. The zero-order valence-electron chi connectivity index (χ0n) is 12.3. The van der Waals surface area contributed by atoms with E-state index in [9.17, 15) is 0 Å². The van der Waals surface area contributed by atoms with Gasteiger partial charge in [-0.05, 0) is 25.5 Å². The van der Waals surface area contributed by atoms with Crippen molar-refractivity contribution in [1.82, 2.24) is 4.98 Å². The summed E-state index contributed by atoms with van der Waals surface area (Å²) in [7, 11) is 0. The van der Waals surface area contributed by atoms with Crippen LogP contribution >= 0.6 is 11.3 Å². The Kier molecular flexibility index (Phi) is 5.59. The Morgan fingerprint density at radius 2 is 1.90 bits per heavy atom. The minimum absolute atomic E-state index is 0.396. The average Bonchev–Trinajstić information content (AvgIpc) is 2.89. The summed E-state index contributed by atoms with van der Waals surface area (Å²) in [6.07, 6.45) is 1.25. The van der Waals surface area contributed by atoms with Crippen LogP contribution in [0.4, 0.5) is 0 Å². The van der Waals surface area contributed by atoms with Gasteiger partial charge in [-0.1, -0.05) is 19.1 Å². The Bertz CT molecular complexity index is 631. The maximum absolute atomic E-state index is 8.83. The first kappa shape index (κ1) is 15.3. The molecule has 0 saturated carbocycles. The number of nitriles is 1. The maximum Gasteiger partial charge on any atom is 0.161 e. The molecule has 2 rings (SSSR count). The molecule has 5 heteroatoms. The third-order valence-electron chi connectivity index (χ3n) is 2.90. The van der Waals surface area contributed by atoms with Crippen molar-refractivity contribution in [3.05, 3.63) is 39.8 Å². The van der Waals surface area contributed by atoms with Gasteiger partial charge in [0, 0.05) is 4.88 Å². The van der Waals surface area contributed by atoms with E-state index in [1.807, 2.05) is 38.1 Å². The van der Waals surface area contributed by atoms with E-state index in [-0.39, 0.29) is 0 Å². The molecule has 1 heterocycles. The van der Waals surface area contributed by atoms with Gasteiger partial charge < -0.3 is 9.47 Å². The maximum atomic E-state index is 8.83. The van der Waals surface area contributed by atoms with E-state index < -0.39 is 0 Å². The first-order valence-electron chi connectivity index (χ1n) is 6.97. The van der Waals surface area contributed by atoms with Crippen LogP contribution in [0.15, 0.2) is 24.3 Å². The predicted molar refractivity (Wildman–Crippen MR) is 82.8 cm³/mol. The Balaban J connectivity index is 2.08. The van der Waals surface area contributed by atoms with Gasteiger partial charge in [-0.2, -0.15) is 5.26 Å². The van der Waals surface area contributed by atoms with Crippen LogP contribution in [-0.4, -0.2) is 11.6 Å². The number of rotatable bonds is 7. The SMILES string of the molecule is CCOc1ccccc1OCc1nc(CC)c(CC#N)s1. The van der Waals surface area contributed by atoms with Crippen LogP contribution in [0.25, 0.3) is 0 Å². The van der Waals surface area contributed by atoms with Gasteiger partial charge in [0.05, 0.1) is 24.8 Å². The number of nitrogens with zero attached hydrogens (tertiary/aromatic N) is 2. The first-order chi connectivity index (χ1) is 10.3. The Hall–Kier alpha value is -2.06. The normalized spacial score (nSPS) is 10.1. The molecular weight excluding hydrogens is 284 g/mol. The highest BCUT2D eigenvalue weighted by atomic mass is 32.1. The van der Waals surface area contributed by atoms with Crippen LogP contribution in [0.3, 0.4) is 0 Å². The van der Waals surface area contributed by atoms with Gasteiger partial charge in [0.15, 0.2) is 11.5 Å². The second-order valence-electron chi connectivity index (χ2n) is 4.33. The van der Waals surface area contributed by atoms with E-state index in [1.165, 1.54) is 0 Å². The Morgan fingerprint density at radius 3 is 2.52 bits per heavy atom. The molecule has 110 valence electrons. The number of hydrogen-bond donors (Lipinski definition) is 0. The summed E-state index contributed by atoms with van der Waals surface area (Å²) in [5.41, 5.74) is 0.998. The van der Waals surface area contributed by atoms with E-state index in [0.29, 0.717) is 19.6 Å². The van der Waals surface area contributed by atoms with Crippen molar-refractivity contribution in [2.45, 2.75) is 33.3 Å². The number of aryl methyl sites for hydroxylation is 1. The molecule has 0 aliphatic heterocycles. The molecule has 1 aromatic carbocycles. The number of ether oxygens (including phenoxy) is 2. The fourth-order valence-electron chi connectivity index (χ4n) is 1.97. The number of benzene rings is 1. The number of para-hydroxylation sites is 2. The van der Waals surface area contributed by atoms with Gasteiger partial charge in [-0.3, -0.25) is 0 Å². The summed E-state index contributed by atoms with van der Waals surface area (Å²) < 4.78 is 11.3. The molecule has 0 aliphatic rings. The van der Waals surface area contributed by atoms with Crippen molar-refractivity contribution in [2.75, 3.05) is 6.61 Å². The van der Waals surface area contributed by atoms with E-state index in [0.717, 1.165) is 33.5 Å². The molecule has 0 spiro atoms. The van der Waals surface area contributed by atoms with Crippen LogP contribution in [0.5, 0.6) is 11.5 Å². The van der Waals surface area contributed by atoms with Crippen molar-refractivity contribution >= 4 is 11.3 Å². The molecule has 0 unspecified atom stereocenters. The summed E-state index contributed by atoms with van der Waals surface area (Å²) in [5, 5.41) is 9.73. The molecule has 0 fully saturated rings. The minimum Gasteiger partial charge on any atom is -0.490 e. The summed E-state index contributed by atoms with van der Waals surface area (Å²) >= 11 is 1.55. The predicted octanol–water partition coefficient (Wildman–Crippen LogP) is 3.75. The fourth-order valence-corrected chi connectivity index (χ4v) is 2.97. The second-order valence-corrected chi connectivity index (χ2v) is 5.50. The molecule has 0 N–H and O–H groups in total. The third kappa shape index (κ3) is 3.96. The van der Waals surface area contributed by atoms with Crippen molar-refractivity contribution in [3.8, 4) is 17.6 Å². The highest BCUT2D eigenvalue weighted by molar-refractivity contribution is 7.11. The highest BCUT2D eigenvalue weighted by Crippen LogP contribution is 2.28. The monoisotopic (exact) mass is 302 g/mol. The van der Waals surface area contributed by atoms with E-state index >= 15 is 0 Å². The van der Waals surface area contributed by atoms with Crippen LogP contribution in [-0.2, 0) is 19.4 Å². The second kappa shape index (κ2) is 7.65. The van der Waals surface area contributed by atoms with Crippen molar-refractivity contribution in [3.63, 3.8) is 0 Å². The largest absolute Gasteiger partial charge is 0.490 e. The Morgan fingerprint density at radius 1 is 1.19 bits per heavy atom. The summed E-state index contributed by atoms with van der Waals surface area (Å²) in [5.74, 6) is 1.46. The number of thiazole rings is 1. The quantitative estimate of drug-likeness (QED) is 0.781. The number of aromatic nitrogens is 1. The molecule has 0 amide bonds. The smallest absolute Gasteiger partial charge is 0.161 e. The summed E-state index contributed by atoms with van der Waals surface area (Å²) in [4.78, 5) is 5.58. The van der Waals surface area contributed by atoms with Gasteiger partial charge in [0.2, 0.25) is 0 Å². The van der Waals surface area contributed by atoms with Crippen molar-refractivity contribution in [1.29, 1.82) is 5.26 Å². The molecule has 0 aliphatic carbocycles. The molecule has 21 heavy (non-hydrogen) atoms. The van der Waals surface area contributed by atoms with Gasteiger partial charge in [0.25, 0.3) is 0 Å². The fraction of sp³-hybridized carbons (Fsp3) is 0.375. The van der Waals surface area contributed by atoms with Crippen LogP contribution in [0, 0.1) is 11.3 Å². The minimum atomic E-state index is 0.396. The lowest BCUT2D eigenvalue weighted by Gasteiger charge is -2.10. The molecular formula is C16H18N2O2S. The van der Waals surface area contributed by atoms with E-state index in [2.05, 4.69) is 11.1 Å². The zero-order valence-corrected chi connectivity index (χ0v) is 13.1. The van der Waals surface area contributed by atoms with Crippen molar-refractivity contribution < 1.29 is 9.47 Å². The lowest BCUT2D eigenvalue weighted by molar-refractivity contribution is 0.269. The van der Waals surface area contributed by atoms with Crippen LogP contribution in [0.1, 0.15) is 29.4 Å². The van der Waals surface area contributed by atoms with E-state index in [4.69, 9.17) is 14.7 Å². The number of hydrogen-bond acceptors (Lipinski definition) is 5. The lowest BCUT2D eigenvalue weighted by atomic mass is 10.2. The third-order valence-corrected chi connectivity index (χ3v) is 3.97. The molecule has 1 aromatic heterocycles.